The van der Waals surface area contributed by atoms with Crippen LogP contribution in [0, 0.1) is 0 Å². The Bertz CT molecular complexity index is 375. The largest absolute Gasteiger partial charge is 0.493 e. The van der Waals surface area contributed by atoms with Gasteiger partial charge in [-0.25, -0.2) is 0 Å². The normalized spacial score (nSPS) is 16.6. The summed E-state index contributed by atoms with van der Waals surface area (Å²) >= 11 is 0. The van der Waals surface area contributed by atoms with Crippen molar-refractivity contribution in [3.8, 4) is 11.5 Å². The van der Waals surface area contributed by atoms with E-state index in [9.17, 15) is 0 Å². The van der Waals surface area contributed by atoms with E-state index in [0.29, 0.717) is 6.61 Å². The second kappa shape index (κ2) is 6.61. The van der Waals surface area contributed by atoms with Crippen LogP contribution in [0.4, 0.5) is 0 Å². The molecule has 1 heterocycles. The molecule has 1 fully saturated rings. The van der Waals surface area contributed by atoms with Crippen molar-refractivity contribution >= 4 is 0 Å². The maximum Gasteiger partial charge on any atom is 0.166 e. The number of rotatable bonds is 5. The highest BCUT2D eigenvalue weighted by Crippen LogP contribution is 2.31. The van der Waals surface area contributed by atoms with Crippen molar-refractivity contribution in [1.29, 1.82) is 0 Å². The maximum atomic E-state index is 5.81. The van der Waals surface area contributed by atoms with Crippen LogP contribution in [-0.2, 0) is 11.4 Å². The number of para-hydroxylation sites is 1. The molecule has 0 unspecified atom stereocenters. The first kappa shape index (κ1) is 13.2. The number of ether oxygens (including phenoxy) is 2. The van der Waals surface area contributed by atoms with Crippen LogP contribution >= 0.6 is 0 Å². The van der Waals surface area contributed by atoms with Crippen molar-refractivity contribution in [2.45, 2.75) is 25.9 Å². The molecule has 1 aliphatic rings. The Morgan fingerprint density at radius 2 is 1.83 bits per heavy atom. The zero-order chi connectivity index (χ0) is 12.8. The fraction of sp³-hybridized carbons (Fsp3) is 0.571. The van der Waals surface area contributed by atoms with Gasteiger partial charge in [0.1, 0.15) is 0 Å². The van der Waals surface area contributed by atoms with Crippen molar-refractivity contribution in [1.82, 2.24) is 5.06 Å². The van der Waals surface area contributed by atoms with Crippen LogP contribution in [0.1, 0.15) is 24.8 Å². The third kappa shape index (κ3) is 3.15. The second-order valence-electron chi connectivity index (χ2n) is 4.42. The number of benzene rings is 1. The molecule has 4 heteroatoms. The molecule has 0 N–H and O–H groups in total. The van der Waals surface area contributed by atoms with E-state index < -0.39 is 0 Å². The molecule has 18 heavy (non-hydrogen) atoms. The lowest BCUT2D eigenvalue weighted by molar-refractivity contribution is -0.178. The molecule has 4 nitrogen and oxygen atoms in total. The molecular weight excluding hydrogens is 230 g/mol. The summed E-state index contributed by atoms with van der Waals surface area (Å²) in [5, 5.41) is 2.04. The summed E-state index contributed by atoms with van der Waals surface area (Å²) in [6.45, 7) is 2.57. The lowest BCUT2D eigenvalue weighted by atomic mass is 10.2. The van der Waals surface area contributed by atoms with Gasteiger partial charge in [-0.05, 0) is 18.9 Å². The zero-order valence-electron chi connectivity index (χ0n) is 11.1. The molecule has 0 saturated carbocycles. The third-order valence-electron chi connectivity index (χ3n) is 3.20. The van der Waals surface area contributed by atoms with E-state index in [0.717, 1.165) is 30.2 Å². The Labute approximate surface area is 108 Å². The maximum absolute atomic E-state index is 5.81. The standard InChI is InChI=1S/C14H21NO3/c1-16-13-8-6-7-12(14(13)17-2)11-18-15-9-4-3-5-10-15/h6-8H,3-5,9-11H2,1-2H3. The van der Waals surface area contributed by atoms with Gasteiger partial charge < -0.3 is 9.47 Å². The van der Waals surface area contributed by atoms with Crippen LogP contribution in [0.15, 0.2) is 18.2 Å². The van der Waals surface area contributed by atoms with Gasteiger partial charge in [0, 0.05) is 18.7 Å². The van der Waals surface area contributed by atoms with Crippen molar-refractivity contribution in [2.24, 2.45) is 0 Å². The molecule has 2 rings (SSSR count). The summed E-state index contributed by atoms with van der Waals surface area (Å²) in [7, 11) is 3.30. The van der Waals surface area contributed by atoms with E-state index in [1.807, 2.05) is 23.3 Å². The summed E-state index contributed by atoms with van der Waals surface area (Å²) in [5.74, 6) is 1.51. The number of nitrogens with zero attached hydrogens (tertiary/aromatic N) is 1. The smallest absolute Gasteiger partial charge is 0.166 e. The fourth-order valence-electron chi connectivity index (χ4n) is 2.22. The molecule has 1 aromatic rings. The van der Waals surface area contributed by atoms with E-state index in [1.54, 1.807) is 14.2 Å². The van der Waals surface area contributed by atoms with Gasteiger partial charge in [-0.2, -0.15) is 5.06 Å². The Morgan fingerprint density at radius 1 is 1.06 bits per heavy atom. The van der Waals surface area contributed by atoms with Gasteiger partial charge in [-0.1, -0.05) is 18.6 Å². The summed E-state index contributed by atoms with van der Waals surface area (Å²) in [6.07, 6.45) is 3.74. The Kier molecular flexibility index (Phi) is 4.84. The van der Waals surface area contributed by atoms with Crippen LogP contribution in [0.25, 0.3) is 0 Å². The highest BCUT2D eigenvalue weighted by atomic mass is 16.7. The van der Waals surface area contributed by atoms with Gasteiger partial charge in [0.05, 0.1) is 20.8 Å². The second-order valence-corrected chi connectivity index (χ2v) is 4.42. The SMILES string of the molecule is COc1cccc(CON2CCCCC2)c1OC. The topological polar surface area (TPSA) is 30.9 Å². The number of hydrogen-bond acceptors (Lipinski definition) is 4. The molecule has 0 amide bonds. The van der Waals surface area contributed by atoms with E-state index in [1.165, 1.54) is 19.3 Å². The minimum Gasteiger partial charge on any atom is -0.493 e. The Morgan fingerprint density at radius 3 is 2.50 bits per heavy atom. The van der Waals surface area contributed by atoms with Crippen molar-refractivity contribution in [3.63, 3.8) is 0 Å². The predicted molar refractivity (Wildman–Crippen MR) is 69.8 cm³/mol. The van der Waals surface area contributed by atoms with Gasteiger partial charge in [-0.3, -0.25) is 4.84 Å². The average molecular weight is 251 g/mol. The third-order valence-corrected chi connectivity index (χ3v) is 3.20. The number of hydroxylamine groups is 2. The van der Waals surface area contributed by atoms with Crippen molar-refractivity contribution < 1.29 is 14.3 Å². The van der Waals surface area contributed by atoms with Gasteiger partial charge in [0.2, 0.25) is 0 Å². The summed E-state index contributed by atoms with van der Waals surface area (Å²) in [4.78, 5) is 5.81. The summed E-state index contributed by atoms with van der Waals surface area (Å²) < 4.78 is 10.7. The van der Waals surface area contributed by atoms with Gasteiger partial charge >= 0.3 is 0 Å². The average Bonchev–Trinajstić information content (AvgIpc) is 2.45. The first-order valence-corrected chi connectivity index (χ1v) is 6.43. The molecule has 100 valence electrons. The van der Waals surface area contributed by atoms with E-state index in [4.69, 9.17) is 14.3 Å². The minimum atomic E-state index is 0.528. The van der Waals surface area contributed by atoms with Gasteiger partial charge in [-0.15, -0.1) is 0 Å². The molecule has 1 aromatic carbocycles. The van der Waals surface area contributed by atoms with Gasteiger partial charge in [0.15, 0.2) is 11.5 Å². The number of hydrogen-bond donors (Lipinski definition) is 0. The number of piperidine rings is 1. The quantitative estimate of drug-likeness (QED) is 0.805. The molecular formula is C14H21NO3. The predicted octanol–water partition coefficient (Wildman–Crippen LogP) is 2.62. The Hall–Kier alpha value is -1.26. The Balaban J connectivity index is 1.99. The molecule has 0 aromatic heterocycles. The van der Waals surface area contributed by atoms with E-state index >= 15 is 0 Å². The molecule has 1 aliphatic heterocycles. The molecule has 0 atom stereocenters. The van der Waals surface area contributed by atoms with Crippen LogP contribution in [0.3, 0.4) is 0 Å². The molecule has 1 saturated heterocycles. The first-order valence-electron chi connectivity index (χ1n) is 6.43. The molecule has 0 radical (unpaired) electrons. The van der Waals surface area contributed by atoms with Crippen LogP contribution in [-0.4, -0.2) is 32.4 Å². The highest BCUT2D eigenvalue weighted by molar-refractivity contribution is 5.46. The lowest BCUT2D eigenvalue weighted by Crippen LogP contribution is -2.29. The molecule has 0 bridgehead atoms. The highest BCUT2D eigenvalue weighted by Gasteiger charge is 2.13. The lowest BCUT2D eigenvalue weighted by Gasteiger charge is -2.26. The first-order chi connectivity index (χ1) is 8.85. The van der Waals surface area contributed by atoms with Crippen molar-refractivity contribution in [3.05, 3.63) is 23.8 Å². The fourth-order valence-corrected chi connectivity index (χ4v) is 2.22. The van der Waals surface area contributed by atoms with E-state index in [-0.39, 0.29) is 0 Å². The molecule has 0 spiro atoms. The molecule has 0 aliphatic carbocycles. The van der Waals surface area contributed by atoms with Crippen molar-refractivity contribution in [2.75, 3.05) is 27.3 Å². The summed E-state index contributed by atoms with van der Waals surface area (Å²) in [6, 6.07) is 5.85. The van der Waals surface area contributed by atoms with Crippen LogP contribution < -0.4 is 9.47 Å². The minimum absolute atomic E-state index is 0.528. The van der Waals surface area contributed by atoms with Crippen LogP contribution in [0.5, 0.6) is 11.5 Å². The summed E-state index contributed by atoms with van der Waals surface area (Å²) in [5.41, 5.74) is 1.02. The number of methoxy groups -OCH3 is 2. The van der Waals surface area contributed by atoms with Gasteiger partial charge in [0.25, 0.3) is 0 Å². The van der Waals surface area contributed by atoms with E-state index in [2.05, 4.69) is 0 Å². The monoisotopic (exact) mass is 251 g/mol. The van der Waals surface area contributed by atoms with Crippen LogP contribution in [0.2, 0.25) is 0 Å². The zero-order valence-corrected chi connectivity index (χ0v) is 11.1.